The van der Waals surface area contributed by atoms with Crippen molar-refractivity contribution >= 4 is 21.6 Å². The minimum atomic E-state index is -3.50. The maximum atomic E-state index is 12.1. The molecule has 1 aromatic carbocycles. The third kappa shape index (κ3) is 4.03. The molecule has 1 aliphatic rings. The van der Waals surface area contributed by atoms with Crippen molar-refractivity contribution in [2.24, 2.45) is 0 Å². The molecule has 2 rings (SSSR count). The van der Waals surface area contributed by atoms with Crippen LogP contribution >= 0.6 is 0 Å². The number of aryl methyl sites for hydroxylation is 1. The summed E-state index contributed by atoms with van der Waals surface area (Å²) in [6.45, 7) is 2.07. The van der Waals surface area contributed by atoms with Crippen molar-refractivity contribution in [2.45, 2.75) is 30.7 Å². The van der Waals surface area contributed by atoms with Crippen LogP contribution in [-0.4, -0.2) is 45.3 Å². The Bertz CT molecular complexity index is 637. The fourth-order valence-electron chi connectivity index (χ4n) is 1.83. The molecule has 1 aliphatic carbocycles. The average Bonchev–Trinajstić information content (AvgIpc) is 3.22. The topological polar surface area (TPSA) is 78.5 Å². The number of rotatable bonds is 6. The van der Waals surface area contributed by atoms with Crippen LogP contribution in [0.5, 0.6) is 0 Å². The molecule has 0 heterocycles. The van der Waals surface area contributed by atoms with Gasteiger partial charge in [-0.05, 0) is 37.5 Å². The highest BCUT2D eigenvalue weighted by atomic mass is 32.2. The van der Waals surface area contributed by atoms with Crippen LogP contribution in [0.1, 0.15) is 18.4 Å². The van der Waals surface area contributed by atoms with Crippen LogP contribution in [0.25, 0.3) is 0 Å². The van der Waals surface area contributed by atoms with Gasteiger partial charge in [0.1, 0.15) is 0 Å². The lowest BCUT2D eigenvalue weighted by Gasteiger charge is -2.14. The zero-order valence-corrected chi connectivity index (χ0v) is 13.3. The van der Waals surface area contributed by atoms with E-state index in [1.807, 2.05) is 6.92 Å². The Morgan fingerprint density at radius 3 is 2.57 bits per heavy atom. The molecule has 7 heteroatoms. The summed E-state index contributed by atoms with van der Waals surface area (Å²) in [6, 6.07) is 5.19. The van der Waals surface area contributed by atoms with Crippen LogP contribution in [0.2, 0.25) is 0 Å². The van der Waals surface area contributed by atoms with Crippen molar-refractivity contribution in [3.8, 4) is 0 Å². The van der Waals surface area contributed by atoms with Gasteiger partial charge in [-0.1, -0.05) is 6.07 Å². The first-order valence-electron chi connectivity index (χ1n) is 6.87. The summed E-state index contributed by atoms with van der Waals surface area (Å²) in [6.07, 6.45) is 2.23. The minimum Gasteiger partial charge on any atom is -0.325 e. The SMILES string of the molecule is Cc1ccc(S(=O)(=O)N(C)C)cc1NC(=O)CNC1CC1. The van der Waals surface area contributed by atoms with E-state index in [9.17, 15) is 13.2 Å². The molecule has 21 heavy (non-hydrogen) atoms. The normalized spacial score (nSPS) is 15.2. The highest BCUT2D eigenvalue weighted by molar-refractivity contribution is 7.89. The minimum absolute atomic E-state index is 0.163. The third-order valence-corrected chi connectivity index (χ3v) is 5.20. The van der Waals surface area contributed by atoms with E-state index in [0.29, 0.717) is 11.7 Å². The molecule has 0 radical (unpaired) electrons. The predicted molar refractivity (Wildman–Crippen MR) is 81.7 cm³/mol. The second kappa shape index (κ2) is 6.13. The van der Waals surface area contributed by atoms with Crippen molar-refractivity contribution in [1.82, 2.24) is 9.62 Å². The Hall–Kier alpha value is -1.44. The van der Waals surface area contributed by atoms with Gasteiger partial charge in [0.25, 0.3) is 0 Å². The Kier molecular flexibility index (Phi) is 4.65. The first-order chi connectivity index (χ1) is 9.80. The fourth-order valence-corrected chi connectivity index (χ4v) is 2.75. The zero-order valence-electron chi connectivity index (χ0n) is 12.5. The molecule has 1 amide bonds. The molecule has 0 bridgehead atoms. The van der Waals surface area contributed by atoms with Crippen molar-refractivity contribution in [3.63, 3.8) is 0 Å². The van der Waals surface area contributed by atoms with Gasteiger partial charge >= 0.3 is 0 Å². The maximum Gasteiger partial charge on any atom is 0.242 e. The van der Waals surface area contributed by atoms with Gasteiger partial charge in [0.2, 0.25) is 15.9 Å². The fraction of sp³-hybridized carbons (Fsp3) is 0.500. The molecule has 0 spiro atoms. The Labute approximate surface area is 125 Å². The standard InChI is InChI=1S/C14H21N3O3S/c1-10-4-7-12(21(19,20)17(2)3)8-13(10)16-14(18)9-15-11-5-6-11/h4,7-8,11,15H,5-6,9H2,1-3H3,(H,16,18). The van der Waals surface area contributed by atoms with Gasteiger partial charge in [-0.3, -0.25) is 4.79 Å². The lowest BCUT2D eigenvalue weighted by atomic mass is 10.2. The van der Waals surface area contributed by atoms with Crippen LogP contribution in [0.4, 0.5) is 5.69 Å². The smallest absolute Gasteiger partial charge is 0.242 e. The molecule has 0 atom stereocenters. The van der Waals surface area contributed by atoms with E-state index in [2.05, 4.69) is 10.6 Å². The van der Waals surface area contributed by atoms with Gasteiger partial charge in [0.15, 0.2) is 0 Å². The van der Waals surface area contributed by atoms with Crippen LogP contribution in [-0.2, 0) is 14.8 Å². The Balaban J connectivity index is 2.13. The predicted octanol–water partition coefficient (Wildman–Crippen LogP) is 0.936. The number of sulfonamides is 1. The Morgan fingerprint density at radius 1 is 1.33 bits per heavy atom. The monoisotopic (exact) mass is 311 g/mol. The van der Waals surface area contributed by atoms with E-state index in [0.717, 1.165) is 22.7 Å². The molecule has 2 N–H and O–H groups in total. The molecule has 6 nitrogen and oxygen atoms in total. The molecule has 1 fully saturated rings. The number of carbonyl (C=O) groups is 1. The van der Waals surface area contributed by atoms with Gasteiger partial charge in [-0.25, -0.2) is 12.7 Å². The molecule has 0 aliphatic heterocycles. The number of hydrogen-bond acceptors (Lipinski definition) is 4. The van der Waals surface area contributed by atoms with Crippen molar-refractivity contribution < 1.29 is 13.2 Å². The summed E-state index contributed by atoms with van der Waals surface area (Å²) in [4.78, 5) is 12.0. The van der Waals surface area contributed by atoms with Gasteiger partial charge in [-0.15, -0.1) is 0 Å². The lowest BCUT2D eigenvalue weighted by molar-refractivity contribution is -0.115. The Morgan fingerprint density at radius 2 is 2.00 bits per heavy atom. The van der Waals surface area contributed by atoms with E-state index >= 15 is 0 Å². The second-order valence-corrected chi connectivity index (χ2v) is 7.62. The van der Waals surface area contributed by atoms with Crippen LogP contribution < -0.4 is 10.6 Å². The van der Waals surface area contributed by atoms with E-state index < -0.39 is 10.0 Å². The number of carbonyl (C=O) groups excluding carboxylic acids is 1. The van der Waals surface area contributed by atoms with Crippen LogP contribution in [0.15, 0.2) is 23.1 Å². The zero-order chi connectivity index (χ0) is 15.6. The lowest BCUT2D eigenvalue weighted by Crippen LogP contribution is -2.29. The average molecular weight is 311 g/mol. The molecule has 0 aromatic heterocycles. The molecular formula is C14H21N3O3S. The number of nitrogens with one attached hydrogen (secondary N) is 2. The second-order valence-electron chi connectivity index (χ2n) is 5.47. The quantitative estimate of drug-likeness (QED) is 0.819. The number of hydrogen-bond donors (Lipinski definition) is 2. The molecule has 1 saturated carbocycles. The molecule has 0 saturated heterocycles. The highest BCUT2D eigenvalue weighted by Crippen LogP contribution is 2.22. The van der Waals surface area contributed by atoms with E-state index in [1.54, 1.807) is 12.1 Å². The van der Waals surface area contributed by atoms with Crippen molar-refractivity contribution in [3.05, 3.63) is 23.8 Å². The summed E-state index contributed by atoms with van der Waals surface area (Å²) in [5, 5.41) is 5.88. The van der Waals surface area contributed by atoms with E-state index in [1.165, 1.54) is 20.2 Å². The summed E-state index contributed by atoms with van der Waals surface area (Å²) in [5.41, 5.74) is 1.35. The van der Waals surface area contributed by atoms with E-state index in [-0.39, 0.29) is 17.3 Å². The summed E-state index contributed by atoms with van der Waals surface area (Å²) >= 11 is 0. The number of amides is 1. The maximum absolute atomic E-state index is 12.1. The largest absolute Gasteiger partial charge is 0.325 e. The van der Waals surface area contributed by atoms with Gasteiger partial charge in [-0.2, -0.15) is 0 Å². The number of benzene rings is 1. The summed E-state index contributed by atoms with van der Waals surface area (Å²) in [7, 11) is -0.543. The third-order valence-electron chi connectivity index (χ3n) is 3.39. The van der Waals surface area contributed by atoms with Crippen LogP contribution in [0.3, 0.4) is 0 Å². The van der Waals surface area contributed by atoms with Crippen LogP contribution in [0, 0.1) is 6.92 Å². The van der Waals surface area contributed by atoms with Gasteiger partial charge in [0, 0.05) is 25.8 Å². The van der Waals surface area contributed by atoms with Crippen molar-refractivity contribution in [1.29, 1.82) is 0 Å². The first-order valence-corrected chi connectivity index (χ1v) is 8.31. The molecule has 116 valence electrons. The molecule has 0 unspecified atom stereocenters. The highest BCUT2D eigenvalue weighted by Gasteiger charge is 2.22. The summed E-state index contributed by atoms with van der Waals surface area (Å²) in [5.74, 6) is -0.163. The molecular weight excluding hydrogens is 290 g/mol. The first kappa shape index (κ1) is 15.9. The summed E-state index contributed by atoms with van der Waals surface area (Å²) < 4.78 is 25.4. The number of nitrogens with zero attached hydrogens (tertiary/aromatic N) is 1. The van der Waals surface area contributed by atoms with Gasteiger partial charge < -0.3 is 10.6 Å². The molecule has 1 aromatic rings. The number of anilines is 1. The van der Waals surface area contributed by atoms with Gasteiger partial charge in [0.05, 0.1) is 11.4 Å². The van der Waals surface area contributed by atoms with E-state index in [4.69, 9.17) is 0 Å². The van der Waals surface area contributed by atoms with Crippen molar-refractivity contribution in [2.75, 3.05) is 26.0 Å².